The van der Waals surface area contributed by atoms with Crippen LogP contribution < -0.4 is 5.32 Å². The highest BCUT2D eigenvalue weighted by Gasteiger charge is 2.30. The number of carbonyl (C=O) groups is 1. The van der Waals surface area contributed by atoms with Crippen molar-refractivity contribution in [2.24, 2.45) is 5.92 Å². The Balaban J connectivity index is 1.54. The standard InChI is InChI=1S/C20H23FN2O3S/c21-17-9-11-18(12-10-17)22-20(24)13-8-16-5-4-14-23(15-16)27(25,26)19-6-2-1-3-7-19/h1-3,6-7,9-12,16H,4-5,8,13-15H2,(H,22,24). The maximum Gasteiger partial charge on any atom is 0.243 e. The summed E-state index contributed by atoms with van der Waals surface area (Å²) in [7, 11) is -3.49. The second-order valence-electron chi connectivity index (χ2n) is 6.78. The molecule has 1 atom stereocenters. The molecule has 5 nitrogen and oxygen atoms in total. The number of halogens is 1. The molecule has 1 heterocycles. The van der Waals surface area contributed by atoms with E-state index in [2.05, 4.69) is 5.32 Å². The van der Waals surface area contributed by atoms with Gasteiger partial charge in [0.05, 0.1) is 4.90 Å². The van der Waals surface area contributed by atoms with Crippen molar-refractivity contribution < 1.29 is 17.6 Å². The lowest BCUT2D eigenvalue weighted by Gasteiger charge is -2.31. The molecular weight excluding hydrogens is 367 g/mol. The maximum atomic E-state index is 12.9. The van der Waals surface area contributed by atoms with E-state index in [-0.39, 0.29) is 17.6 Å². The van der Waals surface area contributed by atoms with Gasteiger partial charge in [-0.1, -0.05) is 18.2 Å². The van der Waals surface area contributed by atoms with E-state index in [4.69, 9.17) is 0 Å². The Labute approximate surface area is 159 Å². The highest BCUT2D eigenvalue weighted by molar-refractivity contribution is 7.89. The molecule has 0 bridgehead atoms. The number of hydrogen-bond acceptors (Lipinski definition) is 3. The van der Waals surface area contributed by atoms with Crippen LogP contribution >= 0.6 is 0 Å². The van der Waals surface area contributed by atoms with Gasteiger partial charge in [0.15, 0.2) is 0 Å². The second kappa shape index (κ2) is 8.63. The average Bonchev–Trinajstić information content (AvgIpc) is 2.69. The Bertz CT molecular complexity index is 870. The van der Waals surface area contributed by atoms with Crippen LogP contribution in [0.1, 0.15) is 25.7 Å². The number of benzene rings is 2. The van der Waals surface area contributed by atoms with Crippen LogP contribution in [0.5, 0.6) is 0 Å². The van der Waals surface area contributed by atoms with E-state index in [1.807, 2.05) is 0 Å². The lowest BCUT2D eigenvalue weighted by molar-refractivity contribution is -0.116. The highest BCUT2D eigenvalue weighted by Crippen LogP contribution is 2.26. The molecule has 1 aliphatic rings. The van der Waals surface area contributed by atoms with Gasteiger partial charge in [0, 0.05) is 25.2 Å². The van der Waals surface area contributed by atoms with Crippen molar-refractivity contribution in [3.63, 3.8) is 0 Å². The summed E-state index contributed by atoms with van der Waals surface area (Å²) in [5.41, 5.74) is 0.554. The third-order valence-corrected chi connectivity index (χ3v) is 6.65. The van der Waals surface area contributed by atoms with Crippen LogP contribution in [0, 0.1) is 11.7 Å². The van der Waals surface area contributed by atoms with Crippen molar-refractivity contribution in [2.75, 3.05) is 18.4 Å². The minimum atomic E-state index is -3.49. The van der Waals surface area contributed by atoms with Gasteiger partial charge in [0.2, 0.25) is 15.9 Å². The number of amides is 1. The number of sulfonamides is 1. The summed E-state index contributed by atoms with van der Waals surface area (Å²) in [6.45, 7) is 0.941. The van der Waals surface area contributed by atoms with Crippen molar-refractivity contribution in [1.82, 2.24) is 4.31 Å². The molecule has 1 N–H and O–H groups in total. The topological polar surface area (TPSA) is 66.5 Å². The van der Waals surface area contributed by atoms with Crippen molar-refractivity contribution >= 4 is 21.6 Å². The molecule has 2 aromatic carbocycles. The summed E-state index contributed by atoms with van der Waals surface area (Å²) in [6, 6.07) is 14.1. The van der Waals surface area contributed by atoms with Crippen molar-refractivity contribution in [1.29, 1.82) is 0 Å². The monoisotopic (exact) mass is 390 g/mol. The highest BCUT2D eigenvalue weighted by atomic mass is 32.2. The SMILES string of the molecule is O=C(CCC1CCCN(S(=O)(=O)c2ccccc2)C1)Nc1ccc(F)cc1. The van der Waals surface area contributed by atoms with E-state index in [0.717, 1.165) is 12.8 Å². The number of anilines is 1. The van der Waals surface area contributed by atoms with Gasteiger partial charge in [-0.3, -0.25) is 4.79 Å². The summed E-state index contributed by atoms with van der Waals surface area (Å²) in [4.78, 5) is 12.4. The first kappa shape index (κ1) is 19.5. The third-order valence-electron chi connectivity index (χ3n) is 4.77. The molecule has 1 unspecified atom stereocenters. The molecule has 2 aromatic rings. The van der Waals surface area contributed by atoms with Crippen LogP contribution in [-0.4, -0.2) is 31.7 Å². The third kappa shape index (κ3) is 5.14. The number of nitrogens with zero attached hydrogens (tertiary/aromatic N) is 1. The number of hydrogen-bond donors (Lipinski definition) is 1. The van der Waals surface area contributed by atoms with E-state index < -0.39 is 10.0 Å². The van der Waals surface area contributed by atoms with Crippen LogP contribution in [0.3, 0.4) is 0 Å². The second-order valence-corrected chi connectivity index (χ2v) is 8.72. The molecule has 1 saturated heterocycles. The molecule has 0 aromatic heterocycles. The fraction of sp³-hybridized carbons (Fsp3) is 0.350. The lowest BCUT2D eigenvalue weighted by atomic mass is 9.94. The fourth-order valence-electron chi connectivity index (χ4n) is 3.31. The lowest BCUT2D eigenvalue weighted by Crippen LogP contribution is -2.40. The first-order valence-corrected chi connectivity index (χ1v) is 10.5. The number of piperidine rings is 1. The number of carbonyl (C=O) groups excluding carboxylic acids is 1. The predicted molar refractivity (Wildman–Crippen MR) is 102 cm³/mol. The molecule has 144 valence electrons. The molecule has 1 fully saturated rings. The van der Waals surface area contributed by atoms with Gasteiger partial charge in [-0.25, -0.2) is 12.8 Å². The summed E-state index contributed by atoms with van der Waals surface area (Å²) < 4.78 is 39.9. The minimum Gasteiger partial charge on any atom is -0.326 e. The molecule has 1 aliphatic heterocycles. The molecule has 1 amide bonds. The molecule has 0 aliphatic carbocycles. The van der Waals surface area contributed by atoms with Crippen LogP contribution in [0.25, 0.3) is 0 Å². The van der Waals surface area contributed by atoms with E-state index in [0.29, 0.717) is 36.5 Å². The first-order chi connectivity index (χ1) is 12.9. The zero-order valence-corrected chi connectivity index (χ0v) is 15.8. The summed E-state index contributed by atoms with van der Waals surface area (Å²) in [5.74, 6) is -0.351. The first-order valence-electron chi connectivity index (χ1n) is 9.06. The molecule has 0 saturated carbocycles. The number of rotatable bonds is 6. The van der Waals surface area contributed by atoms with Crippen molar-refractivity contribution in [2.45, 2.75) is 30.6 Å². The molecule has 27 heavy (non-hydrogen) atoms. The van der Waals surface area contributed by atoms with E-state index in [9.17, 15) is 17.6 Å². The van der Waals surface area contributed by atoms with Gasteiger partial charge in [-0.05, 0) is 61.6 Å². The van der Waals surface area contributed by atoms with Gasteiger partial charge < -0.3 is 5.32 Å². The molecule has 0 radical (unpaired) electrons. The van der Waals surface area contributed by atoms with Crippen molar-refractivity contribution in [3.8, 4) is 0 Å². The Kier molecular flexibility index (Phi) is 6.23. The van der Waals surface area contributed by atoms with Crippen LogP contribution in [0.4, 0.5) is 10.1 Å². The Morgan fingerprint density at radius 2 is 1.81 bits per heavy atom. The van der Waals surface area contributed by atoms with Gasteiger partial charge >= 0.3 is 0 Å². The largest absolute Gasteiger partial charge is 0.326 e. The number of nitrogens with one attached hydrogen (secondary N) is 1. The summed E-state index contributed by atoms with van der Waals surface area (Å²) in [6.07, 6.45) is 2.62. The van der Waals surface area contributed by atoms with Crippen LogP contribution in [0.2, 0.25) is 0 Å². The average molecular weight is 390 g/mol. The molecule has 7 heteroatoms. The van der Waals surface area contributed by atoms with E-state index >= 15 is 0 Å². The Morgan fingerprint density at radius 1 is 1.11 bits per heavy atom. The maximum absolute atomic E-state index is 12.9. The Hall–Kier alpha value is -2.25. The zero-order chi connectivity index (χ0) is 19.3. The minimum absolute atomic E-state index is 0.148. The quantitative estimate of drug-likeness (QED) is 0.819. The van der Waals surface area contributed by atoms with Gasteiger partial charge in [0.1, 0.15) is 5.82 Å². The van der Waals surface area contributed by atoms with Gasteiger partial charge in [-0.15, -0.1) is 0 Å². The van der Waals surface area contributed by atoms with Crippen molar-refractivity contribution in [3.05, 3.63) is 60.4 Å². The molecular formula is C20H23FN2O3S. The van der Waals surface area contributed by atoms with Gasteiger partial charge in [0.25, 0.3) is 0 Å². The van der Waals surface area contributed by atoms with Gasteiger partial charge in [-0.2, -0.15) is 4.31 Å². The smallest absolute Gasteiger partial charge is 0.243 e. The predicted octanol–water partition coefficient (Wildman–Crippen LogP) is 3.65. The fourth-order valence-corrected chi connectivity index (χ4v) is 4.89. The van der Waals surface area contributed by atoms with Crippen LogP contribution in [-0.2, 0) is 14.8 Å². The normalized spacial score (nSPS) is 18.2. The Morgan fingerprint density at radius 3 is 2.52 bits per heavy atom. The zero-order valence-electron chi connectivity index (χ0n) is 15.0. The molecule has 3 rings (SSSR count). The summed E-state index contributed by atoms with van der Waals surface area (Å²) in [5, 5.41) is 2.74. The summed E-state index contributed by atoms with van der Waals surface area (Å²) >= 11 is 0. The van der Waals surface area contributed by atoms with E-state index in [1.165, 1.54) is 28.6 Å². The molecule has 0 spiro atoms. The van der Waals surface area contributed by atoms with E-state index in [1.54, 1.807) is 30.3 Å². The van der Waals surface area contributed by atoms with Crippen LogP contribution in [0.15, 0.2) is 59.5 Å².